The molecule has 0 aromatic carbocycles. The summed E-state index contributed by atoms with van der Waals surface area (Å²) in [5.74, 6) is 0. The number of hydrogen-bond acceptors (Lipinski definition) is 1. The van der Waals surface area contributed by atoms with Gasteiger partial charge < -0.3 is 0 Å². The Hall–Kier alpha value is 0.190. The minimum atomic E-state index is -3.72. The molecule has 1 radical (unpaired) electrons. The van der Waals surface area contributed by atoms with E-state index < -0.39 is 18.0 Å². The van der Waals surface area contributed by atoms with Crippen molar-refractivity contribution in [2.45, 2.75) is 11.3 Å². The fraction of sp³-hybridized carbons (Fsp3) is 1.00. The topological polar surface area (TPSA) is 29.1 Å². The minimum Gasteiger partial charge on any atom is -0.275 e. The summed E-state index contributed by atoms with van der Waals surface area (Å²) in [6.07, 6.45) is -2.32. The Labute approximate surface area is 57.7 Å². The number of alkyl halides is 4. The van der Waals surface area contributed by atoms with Crippen molar-refractivity contribution >= 4 is 15.9 Å². The van der Waals surface area contributed by atoms with Crippen LogP contribution in [0.15, 0.2) is 0 Å². The molecule has 0 saturated heterocycles. The molecule has 0 aliphatic rings. The molecule has 0 N–H and O–H groups in total. The molecule has 1 unspecified atom stereocenters. The van der Waals surface area contributed by atoms with Crippen LogP contribution in [0.4, 0.5) is 13.2 Å². The Kier molecular flexibility index (Phi) is 3.45. The highest BCUT2D eigenvalue weighted by Gasteiger charge is 2.29. The van der Waals surface area contributed by atoms with Crippen molar-refractivity contribution in [1.29, 1.82) is 0 Å². The van der Waals surface area contributed by atoms with Crippen LogP contribution < -0.4 is 0 Å². The highest BCUT2D eigenvalue weighted by Crippen LogP contribution is 2.24. The second kappa shape index (κ2) is 3.38. The van der Waals surface area contributed by atoms with Crippen LogP contribution >= 0.6 is 15.9 Å². The number of ether oxygens (including phenoxy) is 1. The maximum absolute atomic E-state index is 11.5. The van der Waals surface area contributed by atoms with Crippen LogP contribution in [0.5, 0.6) is 0 Å². The van der Waals surface area contributed by atoms with Crippen molar-refractivity contribution in [1.82, 2.24) is 0 Å². The molecule has 0 aromatic heterocycles. The van der Waals surface area contributed by atoms with Crippen LogP contribution in [0.3, 0.4) is 0 Å². The van der Waals surface area contributed by atoms with E-state index in [4.69, 9.17) is 0 Å². The minimum absolute atomic E-state index is 1.47. The zero-order valence-electron chi connectivity index (χ0n) is 4.11. The van der Waals surface area contributed by atoms with Gasteiger partial charge >= 0.3 is 5.02 Å². The predicted molar refractivity (Wildman–Crippen MR) is 25.4 cm³/mol. The van der Waals surface area contributed by atoms with Gasteiger partial charge in [-0.2, -0.15) is 13.9 Å². The summed E-state index contributed by atoms with van der Waals surface area (Å²) < 4.78 is 37.3. The second-order valence-corrected chi connectivity index (χ2v) is 2.07. The molecule has 1 atom stereocenters. The van der Waals surface area contributed by atoms with E-state index in [1.54, 1.807) is 15.9 Å². The summed E-state index contributed by atoms with van der Waals surface area (Å²) in [7, 11) is 0. The van der Waals surface area contributed by atoms with Crippen molar-refractivity contribution in [3.05, 3.63) is 0 Å². The number of rotatable bonds is 3. The van der Waals surface area contributed by atoms with E-state index in [9.17, 15) is 18.3 Å². The van der Waals surface area contributed by atoms with Crippen molar-refractivity contribution in [3.63, 3.8) is 0 Å². The van der Waals surface area contributed by atoms with Gasteiger partial charge in [-0.25, -0.2) is 4.39 Å². The first-order valence-electron chi connectivity index (χ1n) is 1.92. The third kappa shape index (κ3) is 6.07. The molecule has 0 rings (SSSR count). The number of halogens is 4. The van der Waals surface area contributed by atoms with Gasteiger partial charge in [0, 0.05) is 15.9 Å². The summed E-state index contributed by atoms with van der Waals surface area (Å²) in [5, 5.41) is 6.09. The fourth-order valence-electron chi connectivity index (χ4n) is 0.181. The monoisotopic (exact) mass is 207 g/mol. The first-order valence-corrected chi connectivity index (χ1v) is 2.71. The zero-order valence-corrected chi connectivity index (χ0v) is 5.70. The highest BCUT2D eigenvalue weighted by atomic mass is 79.9. The van der Waals surface area contributed by atoms with E-state index in [-0.39, 0.29) is 0 Å². The smallest absolute Gasteiger partial charge is 0.275 e. The molecule has 55 valence electrons. The van der Waals surface area contributed by atoms with Crippen LogP contribution in [0.2, 0.25) is 0 Å². The Morgan fingerprint density at radius 3 is 2.22 bits per heavy atom. The number of hydrogen-bond donors (Lipinski definition) is 0. The van der Waals surface area contributed by atoms with E-state index in [1.165, 1.54) is 0 Å². The van der Waals surface area contributed by atoms with Crippen LogP contribution in [0.25, 0.3) is 0 Å². The predicted octanol–water partition coefficient (Wildman–Crippen LogP) is 1.67. The summed E-state index contributed by atoms with van der Waals surface area (Å²) in [6.45, 7) is -1.47. The first-order chi connectivity index (χ1) is 3.95. The maximum Gasteiger partial charge on any atom is 0.416 e. The van der Waals surface area contributed by atoms with Crippen molar-refractivity contribution in [2.24, 2.45) is 0 Å². The Bertz CT molecular complexity index is 83.6. The summed E-state index contributed by atoms with van der Waals surface area (Å²) >= 11 is 1.70. The van der Waals surface area contributed by atoms with Gasteiger partial charge in [-0.3, -0.25) is 4.74 Å². The van der Waals surface area contributed by atoms with Crippen molar-refractivity contribution < 1.29 is 23.0 Å². The average Bonchev–Trinajstić information content (AvgIpc) is 1.62. The van der Waals surface area contributed by atoms with Gasteiger partial charge in [0.15, 0.2) is 0 Å². The van der Waals surface area contributed by atoms with Gasteiger partial charge in [-0.15, -0.1) is 0 Å². The van der Waals surface area contributed by atoms with Crippen LogP contribution in [0, 0.1) is 0 Å². The van der Waals surface area contributed by atoms with Crippen LogP contribution in [0.1, 0.15) is 0 Å². The Balaban J connectivity index is 3.47. The van der Waals surface area contributed by atoms with E-state index in [1.807, 2.05) is 0 Å². The van der Waals surface area contributed by atoms with Crippen molar-refractivity contribution in [2.75, 3.05) is 6.67 Å². The molecule has 0 spiro atoms. The molecule has 0 fully saturated rings. The molecular weight excluding hydrogens is 205 g/mol. The molecular formula is C3H3BrF3O2. The zero-order chi connectivity index (χ0) is 7.49. The van der Waals surface area contributed by atoms with Crippen LogP contribution in [-0.2, 0) is 9.84 Å². The maximum atomic E-state index is 11.5. The van der Waals surface area contributed by atoms with Gasteiger partial charge in [0.25, 0.3) is 0 Å². The van der Waals surface area contributed by atoms with Gasteiger partial charge in [-0.1, -0.05) is 0 Å². The third-order valence-electron chi connectivity index (χ3n) is 0.391. The van der Waals surface area contributed by atoms with E-state index in [2.05, 4.69) is 4.74 Å². The SMILES string of the molecule is [O]C(CF)OC(F)(F)Br. The molecule has 6 heteroatoms. The highest BCUT2D eigenvalue weighted by molar-refractivity contribution is 9.09. The van der Waals surface area contributed by atoms with E-state index in [0.29, 0.717) is 0 Å². The largest absolute Gasteiger partial charge is 0.416 e. The second-order valence-electron chi connectivity index (χ2n) is 1.15. The molecule has 0 aromatic rings. The van der Waals surface area contributed by atoms with Gasteiger partial charge in [0.05, 0.1) is 0 Å². The molecule has 0 aliphatic heterocycles. The fourth-order valence-corrected chi connectivity index (χ4v) is 0.389. The Morgan fingerprint density at radius 2 is 2.11 bits per heavy atom. The summed E-state index contributed by atoms with van der Waals surface area (Å²) in [6, 6.07) is 0. The lowest BCUT2D eigenvalue weighted by Gasteiger charge is -2.09. The molecule has 9 heavy (non-hydrogen) atoms. The van der Waals surface area contributed by atoms with Crippen LogP contribution in [-0.4, -0.2) is 18.0 Å². The first kappa shape index (κ1) is 9.19. The van der Waals surface area contributed by atoms with E-state index in [0.717, 1.165) is 0 Å². The van der Waals surface area contributed by atoms with Gasteiger partial charge in [0.2, 0.25) is 6.29 Å². The third-order valence-corrected chi connectivity index (χ3v) is 0.578. The van der Waals surface area contributed by atoms with Gasteiger partial charge in [-0.05, 0) is 0 Å². The van der Waals surface area contributed by atoms with Gasteiger partial charge in [0.1, 0.15) is 6.67 Å². The summed E-state index contributed by atoms with van der Waals surface area (Å²) in [5.41, 5.74) is 0. The molecule has 0 bridgehead atoms. The lowest BCUT2D eigenvalue weighted by molar-refractivity contribution is -0.267. The molecule has 2 nitrogen and oxygen atoms in total. The quantitative estimate of drug-likeness (QED) is 0.512. The van der Waals surface area contributed by atoms with E-state index >= 15 is 0 Å². The molecule has 0 amide bonds. The normalized spacial score (nSPS) is 15.7. The average molecular weight is 208 g/mol. The molecule has 0 saturated carbocycles. The lowest BCUT2D eigenvalue weighted by atomic mass is 10.7. The van der Waals surface area contributed by atoms with Crippen molar-refractivity contribution in [3.8, 4) is 0 Å². The summed E-state index contributed by atoms with van der Waals surface area (Å²) in [4.78, 5) is 0. The molecule has 0 aliphatic carbocycles. The standard InChI is InChI=1S/C3H3BrF3O2/c4-3(6,7)9-2(8)1-5/h2H,1H2. The lowest BCUT2D eigenvalue weighted by Crippen LogP contribution is -2.22. The Morgan fingerprint density at radius 1 is 1.67 bits per heavy atom. The molecule has 0 heterocycles.